The Morgan fingerprint density at radius 1 is 1.13 bits per heavy atom. The molecule has 0 saturated carbocycles. The fraction of sp³-hybridized carbons (Fsp3) is 0.409. The van der Waals surface area contributed by atoms with Crippen LogP contribution in [0.2, 0.25) is 5.02 Å². The number of carbonyl (C=O) groups excluding carboxylic acids is 1. The van der Waals surface area contributed by atoms with E-state index in [0.717, 1.165) is 5.56 Å². The minimum Gasteiger partial charge on any atom is -0.351 e. The van der Waals surface area contributed by atoms with Crippen molar-refractivity contribution >= 4 is 27.5 Å². The Labute approximate surface area is 182 Å². The normalized spacial score (nSPS) is 16.9. The molecule has 1 aliphatic heterocycles. The summed E-state index contributed by atoms with van der Waals surface area (Å²) in [5.41, 5.74) is 0.787. The molecule has 8 heteroatoms. The van der Waals surface area contributed by atoms with Crippen molar-refractivity contribution in [2.24, 2.45) is 0 Å². The van der Waals surface area contributed by atoms with E-state index in [1.807, 2.05) is 6.92 Å². The summed E-state index contributed by atoms with van der Waals surface area (Å²) in [4.78, 5) is 12.7. The van der Waals surface area contributed by atoms with Crippen LogP contribution in [-0.2, 0) is 15.4 Å². The second-order valence-electron chi connectivity index (χ2n) is 7.66. The molecule has 1 saturated heterocycles. The first kappa shape index (κ1) is 22.7. The lowest BCUT2D eigenvalue weighted by atomic mass is 9.73. The molecule has 1 aliphatic rings. The Bertz CT molecular complexity index is 988. The number of sulfonamides is 1. The monoisotopic (exact) mass is 452 g/mol. The molecule has 0 aromatic heterocycles. The average Bonchev–Trinajstić information content (AvgIpc) is 2.73. The maximum atomic E-state index is 13.5. The van der Waals surface area contributed by atoms with Crippen LogP contribution in [0.15, 0.2) is 48.5 Å². The molecule has 30 heavy (non-hydrogen) atoms. The highest BCUT2D eigenvalue weighted by Crippen LogP contribution is 2.36. The lowest BCUT2D eigenvalue weighted by Gasteiger charge is -2.42. The summed E-state index contributed by atoms with van der Waals surface area (Å²) in [6.07, 6.45) is 1.63. The van der Waals surface area contributed by atoms with E-state index in [1.54, 1.807) is 36.4 Å². The fourth-order valence-electron chi connectivity index (χ4n) is 3.94. The maximum Gasteiger partial charge on any atom is 0.252 e. The molecule has 2 aromatic rings. The molecule has 1 amide bonds. The summed E-state index contributed by atoms with van der Waals surface area (Å²) in [7, 11) is -3.28. The van der Waals surface area contributed by atoms with Crippen molar-refractivity contribution in [2.75, 3.05) is 25.4 Å². The Morgan fingerprint density at radius 3 is 2.37 bits per heavy atom. The molecule has 1 fully saturated rings. The van der Waals surface area contributed by atoms with Gasteiger partial charge in [0.1, 0.15) is 5.82 Å². The van der Waals surface area contributed by atoms with Gasteiger partial charge in [-0.15, -0.1) is 0 Å². The van der Waals surface area contributed by atoms with Crippen LogP contribution in [0.4, 0.5) is 4.39 Å². The Hall–Kier alpha value is -1.96. The quantitative estimate of drug-likeness (QED) is 0.690. The van der Waals surface area contributed by atoms with Crippen molar-refractivity contribution in [3.8, 4) is 0 Å². The lowest BCUT2D eigenvalue weighted by Crippen LogP contribution is -2.50. The van der Waals surface area contributed by atoms with Gasteiger partial charge in [0, 0.05) is 25.0 Å². The van der Waals surface area contributed by atoms with E-state index in [4.69, 9.17) is 11.6 Å². The minimum absolute atomic E-state index is 0.125. The second-order valence-corrected chi connectivity index (χ2v) is 10.2. The Kier molecular flexibility index (Phi) is 7.16. The molecule has 5 nitrogen and oxygen atoms in total. The molecular weight excluding hydrogens is 427 g/mol. The van der Waals surface area contributed by atoms with Gasteiger partial charge in [-0.3, -0.25) is 4.79 Å². The van der Waals surface area contributed by atoms with Crippen LogP contribution in [0.1, 0.15) is 42.1 Å². The molecule has 0 spiro atoms. The summed E-state index contributed by atoms with van der Waals surface area (Å²) in [5, 5.41) is 3.32. The Balaban J connectivity index is 1.81. The second kappa shape index (κ2) is 9.45. The van der Waals surface area contributed by atoms with E-state index < -0.39 is 15.4 Å². The number of hydrogen-bond donors (Lipinski definition) is 1. The number of nitrogens with zero attached hydrogens (tertiary/aromatic N) is 1. The van der Waals surface area contributed by atoms with E-state index in [-0.39, 0.29) is 17.5 Å². The predicted molar refractivity (Wildman–Crippen MR) is 117 cm³/mol. The number of halogens is 2. The minimum atomic E-state index is -3.28. The van der Waals surface area contributed by atoms with Gasteiger partial charge in [-0.25, -0.2) is 17.1 Å². The van der Waals surface area contributed by atoms with Gasteiger partial charge < -0.3 is 5.32 Å². The zero-order valence-electron chi connectivity index (χ0n) is 16.9. The number of nitrogens with one attached hydrogen (secondary N) is 1. The van der Waals surface area contributed by atoms with Crippen molar-refractivity contribution in [3.63, 3.8) is 0 Å². The molecule has 162 valence electrons. The van der Waals surface area contributed by atoms with E-state index in [2.05, 4.69) is 5.32 Å². The van der Waals surface area contributed by atoms with Crippen molar-refractivity contribution in [2.45, 2.75) is 31.6 Å². The van der Waals surface area contributed by atoms with Gasteiger partial charge in [0.15, 0.2) is 0 Å². The molecule has 1 heterocycles. The lowest BCUT2D eigenvalue weighted by molar-refractivity contribution is 0.0933. The zero-order valence-corrected chi connectivity index (χ0v) is 18.5. The first-order chi connectivity index (χ1) is 14.3. The number of amides is 1. The van der Waals surface area contributed by atoms with Gasteiger partial charge in [-0.2, -0.15) is 0 Å². The molecule has 0 aliphatic carbocycles. The third kappa shape index (κ3) is 5.02. The number of benzene rings is 2. The summed E-state index contributed by atoms with van der Waals surface area (Å²) in [5.74, 6) is -0.500. The van der Waals surface area contributed by atoms with Gasteiger partial charge in [0.25, 0.3) is 5.91 Å². The van der Waals surface area contributed by atoms with Gasteiger partial charge in [-0.05, 0) is 49.1 Å². The summed E-state index contributed by atoms with van der Waals surface area (Å²) in [6.45, 7) is 2.88. The first-order valence-electron chi connectivity index (χ1n) is 10.0. The van der Waals surface area contributed by atoms with Gasteiger partial charge in [0.2, 0.25) is 10.0 Å². The van der Waals surface area contributed by atoms with Crippen molar-refractivity contribution in [3.05, 3.63) is 70.5 Å². The first-order valence-corrected chi connectivity index (χ1v) is 12.0. The molecule has 0 atom stereocenters. The third-order valence-corrected chi connectivity index (χ3v) is 8.10. The number of hydrogen-bond acceptors (Lipinski definition) is 3. The fourth-order valence-corrected chi connectivity index (χ4v) is 5.68. The highest BCUT2D eigenvalue weighted by atomic mass is 35.5. The van der Waals surface area contributed by atoms with Crippen LogP contribution in [0.5, 0.6) is 0 Å². The van der Waals surface area contributed by atoms with Crippen LogP contribution in [0, 0.1) is 5.82 Å². The van der Waals surface area contributed by atoms with Crippen LogP contribution in [-0.4, -0.2) is 44.0 Å². The van der Waals surface area contributed by atoms with E-state index in [9.17, 15) is 17.6 Å². The van der Waals surface area contributed by atoms with Crippen LogP contribution < -0.4 is 5.32 Å². The predicted octanol–water partition coefficient (Wildman–Crippen LogP) is 3.98. The van der Waals surface area contributed by atoms with Crippen LogP contribution >= 0.6 is 11.6 Å². The van der Waals surface area contributed by atoms with Crippen molar-refractivity contribution in [1.29, 1.82) is 0 Å². The molecule has 0 unspecified atom stereocenters. The van der Waals surface area contributed by atoms with Crippen molar-refractivity contribution < 1.29 is 17.6 Å². The average molecular weight is 453 g/mol. The van der Waals surface area contributed by atoms with Gasteiger partial charge in [0.05, 0.1) is 16.3 Å². The summed E-state index contributed by atoms with van der Waals surface area (Å²) < 4.78 is 39.9. The number of piperidine rings is 1. The molecule has 0 radical (unpaired) electrons. The topological polar surface area (TPSA) is 66.5 Å². The molecule has 2 aromatic carbocycles. The molecule has 1 N–H and O–H groups in total. The van der Waals surface area contributed by atoms with Crippen LogP contribution in [0.25, 0.3) is 0 Å². The largest absolute Gasteiger partial charge is 0.351 e. The van der Waals surface area contributed by atoms with E-state index in [0.29, 0.717) is 49.5 Å². The van der Waals surface area contributed by atoms with Crippen molar-refractivity contribution in [1.82, 2.24) is 9.62 Å². The maximum absolute atomic E-state index is 13.5. The highest BCUT2D eigenvalue weighted by Gasteiger charge is 2.39. The standard InChI is InChI=1S/C22H26ClFN2O3S/c1-2-15-30(28,29)26-13-11-22(12-14-26,17-7-9-18(24)10-8-17)16-25-21(27)19-5-3-4-6-20(19)23/h3-10H,2,11-16H2,1H3,(H,25,27). The van der Waals surface area contributed by atoms with Gasteiger partial charge in [-0.1, -0.05) is 42.8 Å². The van der Waals surface area contributed by atoms with Crippen LogP contribution in [0.3, 0.4) is 0 Å². The summed E-state index contributed by atoms with van der Waals surface area (Å²) in [6, 6.07) is 13.0. The summed E-state index contributed by atoms with van der Waals surface area (Å²) >= 11 is 6.13. The van der Waals surface area contributed by atoms with E-state index >= 15 is 0 Å². The smallest absolute Gasteiger partial charge is 0.252 e. The number of carbonyl (C=O) groups is 1. The molecule has 3 rings (SSSR count). The Morgan fingerprint density at radius 2 is 1.77 bits per heavy atom. The SMILES string of the molecule is CCCS(=O)(=O)N1CCC(CNC(=O)c2ccccc2Cl)(c2ccc(F)cc2)CC1. The highest BCUT2D eigenvalue weighted by molar-refractivity contribution is 7.89. The molecular formula is C22H26ClFN2O3S. The van der Waals surface area contributed by atoms with Gasteiger partial charge >= 0.3 is 0 Å². The molecule has 0 bridgehead atoms. The van der Waals surface area contributed by atoms with E-state index in [1.165, 1.54) is 16.4 Å². The number of rotatable bonds is 7. The zero-order chi connectivity index (χ0) is 21.8. The third-order valence-electron chi connectivity index (χ3n) is 5.70.